The van der Waals surface area contributed by atoms with E-state index in [1.165, 1.54) is 22.3 Å². The van der Waals surface area contributed by atoms with E-state index in [0.29, 0.717) is 50.1 Å². The first kappa shape index (κ1) is 59.4. The molecule has 0 saturated carbocycles. The highest BCUT2D eigenvalue weighted by molar-refractivity contribution is 5.25. The van der Waals surface area contributed by atoms with Crippen molar-refractivity contribution in [3.8, 4) is 0 Å². The van der Waals surface area contributed by atoms with Gasteiger partial charge in [0, 0.05) is 88.2 Å². The molecular weight excluding hydrogens is 897 g/mol. The number of hydrogen-bond acceptors (Lipinski definition) is 10. The third-order valence-corrected chi connectivity index (χ3v) is 14.5. The first-order valence-electron chi connectivity index (χ1n) is 27.7. The van der Waals surface area contributed by atoms with Gasteiger partial charge in [0.05, 0.1) is 63.5 Å². The summed E-state index contributed by atoms with van der Waals surface area (Å²) >= 11 is 0. The Balaban J connectivity index is 1.42. The van der Waals surface area contributed by atoms with Crippen LogP contribution in [0.3, 0.4) is 0 Å². The lowest BCUT2D eigenvalue weighted by atomic mass is 10.0. The third-order valence-electron chi connectivity index (χ3n) is 14.5. The Morgan fingerprint density at radius 3 is 1.22 bits per heavy atom. The maximum absolute atomic E-state index is 7.20. The molecule has 2 aromatic carbocycles. The summed E-state index contributed by atoms with van der Waals surface area (Å²) in [7, 11) is 9.11. The number of aromatic nitrogens is 4. The van der Waals surface area contributed by atoms with Gasteiger partial charge in [-0.05, 0) is 126 Å². The molecule has 0 aliphatic carbocycles. The molecule has 0 unspecified atom stereocenters. The highest BCUT2D eigenvalue weighted by atomic mass is 16.5. The molecular formula is C60H100N8O4. The van der Waals surface area contributed by atoms with Crippen molar-refractivity contribution in [2.75, 3.05) is 80.8 Å². The molecule has 12 heteroatoms. The zero-order valence-electron chi connectivity index (χ0n) is 47.5. The number of imidazole rings is 2. The van der Waals surface area contributed by atoms with Gasteiger partial charge >= 0.3 is 0 Å². The number of rotatable bonds is 16. The maximum Gasteiger partial charge on any atom is 0.0949 e. The van der Waals surface area contributed by atoms with E-state index < -0.39 is 0 Å². The average Bonchev–Trinajstić information content (AvgIpc) is 4.04. The second-order valence-electron chi connectivity index (χ2n) is 23.6. The first-order valence-corrected chi connectivity index (χ1v) is 27.7. The SMILES string of the molecule is CC(C)C[C@H]1CO[C@H](C)CN(C)[C@@H](CC(C)C)CO[C@H](Cc2ccc(Cn3ccnc3)cc2)CN(C)[C@@H](CC(C)C)CO[C@H](C)CN(C)[C@@H](CC(C)C)CO[C@H](Cc2cccc(Cn3ccnc3)c2)CN1C. The van der Waals surface area contributed by atoms with E-state index in [1.807, 2.05) is 37.4 Å². The van der Waals surface area contributed by atoms with Crippen molar-refractivity contribution in [3.05, 3.63) is 108 Å². The predicted octanol–water partition coefficient (Wildman–Crippen LogP) is 9.94. The predicted molar refractivity (Wildman–Crippen MR) is 297 cm³/mol. The Kier molecular flexibility index (Phi) is 25.4. The smallest absolute Gasteiger partial charge is 0.0949 e. The standard InChI is InChI=1S/C60H100N8O4/c1-45(2)26-55-39-69-50(10)34-64(12)58(29-48(7)8)42-72-60(32-53-16-15-17-54(30-53)36-68-25-23-62-44-68)38-66(14)56(27-46(3)4)40-70-49(9)33-63(11)57(28-47(5)6)41-71-59(37-65(55)13)31-51-18-20-52(21-19-51)35-67-24-22-61-43-67/h15-25,30,43-50,55-60H,26-29,31-42H2,1-14H3/t49-,50-,55+,56+,57+,58+,59-,60-/m1/s1. The summed E-state index contributed by atoms with van der Waals surface area (Å²) in [5, 5.41) is 0. The molecule has 0 amide bonds. The van der Waals surface area contributed by atoms with Gasteiger partial charge in [-0.15, -0.1) is 0 Å². The highest BCUT2D eigenvalue weighted by Gasteiger charge is 2.29. The lowest BCUT2D eigenvalue weighted by Crippen LogP contribution is -2.47. The van der Waals surface area contributed by atoms with Crippen LogP contribution in [0.15, 0.2) is 86.0 Å². The van der Waals surface area contributed by atoms with Crippen LogP contribution >= 0.6 is 0 Å². The van der Waals surface area contributed by atoms with Crippen molar-refractivity contribution in [1.82, 2.24) is 38.7 Å². The van der Waals surface area contributed by atoms with Crippen LogP contribution in [-0.2, 0) is 44.9 Å². The van der Waals surface area contributed by atoms with E-state index in [9.17, 15) is 0 Å². The molecule has 1 saturated heterocycles. The molecule has 8 atom stereocenters. The number of likely N-dealkylation sites (N-methyl/N-ethyl adjacent to an activating group) is 4. The zero-order valence-corrected chi connectivity index (χ0v) is 47.5. The van der Waals surface area contributed by atoms with Gasteiger partial charge in [-0.1, -0.05) is 104 Å². The van der Waals surface area contributed by atoms with Crippen molar-refractivity contribution in [2.24, 2.45) is 23.7 Å². The molecule has 2 aromatic heterocycles. The average molecular weight is 998 g/mol. The number of ether oxygens (including phenoxy) is 4. The number of benzene rings is 2. The van der Waals surface area contributed by atoms with Gasteiger partial charge in [0.25, 0.3) is 0 Å². The largest absolute Gasteiger partial charge is 0.376 e. The molecule has 0 bridgehead atoms. The highest BCUT2D eigenvalue weighted by Crippen LogP contribution is 2.22. The zero-order chi connectivity index (χ0) is 52.2. The Morgan fingerprint density at radius 2 is 0.819 bits per heavy atom. The lowest BCUT2D eigenvalue weighted by molar-refractivity contribution is -0.0536. The van der Waals surface area contributed by atoms with Gasteiger partial charge in [-0.25, -0.2) is 9.97 Å². The van der Waals surface area contributed by atoms with E-state index in [4.69, 9.17) is 18.9 Å². The second-order valence-corrected chi connectivity index (χ2v) is 23.6. The van der Waals surface area contributed by atoms with E-state index in [0.717, 1.165) is 77.8 Å². The van der Waals surface area contributed by atoms with Crippen LogP contribution in [-0.4, -0.2) is 168 Å². The summed E-state index contributed by atoms with van der Waals surface area (Å²) in [6, 6.07) is 19.1. The molecule has 3 heterocycles. The Hall–Kier alpha value is -3.46. The fourth-order valence-electron chi connectivity index (χ4n) is 10.6. The van der Waals surface area contributed by atoms with Crippen LogP contribution in [0.5, 0.6) is 0 Å². The van der Waals surface area contributed by atoms with Crippen molar-refractivity contribution in [2.45, 2.75) is 169 Å². The van der Waals surface area contributed by atoms with Crippen molar-refractivity contribution in [3.63, 3.8) is 0 Å². The van der Waals surface area contributed by atoms with Crippen molar-refractivity contribution >= 4 is 0 Å². The van der Waals surface area contributed by atoms with Crippen LogP contribution in [0.4, 0.5) is 0 Å². The molecule has 0 radical (unpaired) electrons. The fraction of sp³-hybridized carbons (Fsp3) is 0.700. The van der Waals surface area contributed by atoms with Crippen molar-refractivity contribution in [1.29, 1.82) is 0 Å². The minimum Gasteiger partial charge on any atom is -0.376 e. The summed E-state index contributed by atoms with van der Waals surface area (Å²) in [4.78, 5) is 18.6. The van der Waals surface area contributed by atoms with Crippen LogP contribution in [0.25, 0.3) is 0 Å². The van der Waals surface area contributed by atoms with E-state index in [-0.39, 0.29) is 48.6 Å². The van der Waals surface area contributed by atoms with Crippen LogP contribution in [0.1, 0.15) is 117 Å². The topological polar surface area (TPSA) is 85.5 Å². The summed E-state index contributed by atoms with van der Waals surface area (Å²) in [6.07, 6.45) is 17.5. The Bertz CT molecular complexity index is 1990. The molecule has 0 spiro atoms. The minimum absolute atomic E-state index is 0.000768. The molecule has 404 valence electrons. The molecule has 1 aliphatic rings. The fourth-order valence-corrected chi connectivity index (χ4v) is 10.6. The molecule has 72 heavy (non-hydrogen) atoms. The Morgan fingerprint density at radius 1 is 0.458 bits per heavy atom. The van der Waals surface area contributed by atoms with E-state index in [2.05, 4.69) is 185 Å². The van der Waals surface area contributed by atoms with Crippen LogP contribution in [0.2, 0.25) is 0 Å². The first-order chi connectivity index (χ1) is 34.4. The van der Waals surface area contributed by atoms with Gasteiger partial charge in [0.2, 0.25) is 0 Å². The summed E-state index contributed by atoms with van der Waals surface area (Å²) in [5.74, 6) is 2.11. The molecule has 5 rings (SSSR count). The third kappa shape index (κ3) is 21.8. The van der Waals surface area contributed by atoms with Crippen LogP contribution < -0.4 is 0 Å². The Labute approximate surface area is 438 Å². The summed E-state index contributed by atoms with van der Waals surface area (Å²) < 4.78 is 32.4. The maximum atomic E-state index is 7.20. The van der Waals surface area contributed by atoms with Gasteiger partial charge in [-0.2, -0.15) is 0 Å². The normalized spacial score (nSPS) is 25.7. The van der Waals surface area contributed by atoms with Gasteiger partial charge in [0.1, 0.15) is 0 Å². The van der Waals surface area contributed by atoms with Crippen LogP contribution in [0, 0.1) is 23.7 Å². The molecule has 1 aliphatic heterocycles. The molecule has 12 nitrogen and oxygen atoms in total. The summed E-state index contributed by atoms with van der Waals surface area (Å²) in [5.41, 5.74) is 5.13. The van der Waals surface area contributed by atoms with Crippen molar-refractivity contribution < 1.29 is 18.9 Å². The van der Waals surface area contributed by atoms with Gasteiger partial charge in [0.15, 0.2) is 0 Å². The molecule has 1 fully saturated rings. The molecule has 4 aromatic rings. The monoisotopic (exact) mass is 997 g/mol. The number of nitrogens with zero attached hydrogens (tertiary/aromatic N) is 8. The molecule has 0 N–H and O–H groups in total. The van der Waals surface area contributed by atoms with E-state index in [1.54, 1.807) is 0 Å². The lowest BCUT2D eigenvalue weighted by Gasteiger charge is -2.37. The number of hydrogen-bond donors (Lipinski definition) is 0. The summed E-state index contributed by atoms with van der Waals surface area (Å²) in [6.45, 7) is 30.7. The van der Waals surface area contributed by atoms with Gasteiger partial charge < -0.3 is 28.1 Å². The van der Waals surface area contributed by atoms with Gasteiger partial charge in [-0.3, -0.25) is 19.6 Å². The van der Waals surface area contributed by atoms with E-state index >= 15 is 0 Å². The second kappa shape index (κ2) is 30.8. The minimum atomic E-state index is -0.000768. The quantitative estimate of drug-likeness (QED) is 0.108.